The quantitative estimate of drug-likeness (QED) is 0.772. The number of nitrogens with two attached hydrogens (primary N) is 1. The van der Waals surface area contributed by atoms with Crippen LogP contribution in [-0.2, 0) is 11.3 Å². The molecule has 14 heavy (non-hydrogen) atoms. The third-order valence-corrected chi connectivity index (χ3v) is 2.66. The van der Waals surface area contributed by atoms with E-state index in [9.17, 15) is 0 Å². The minimum atomic E-state index is 0.352. The molecule has 0 spiro atoms. The van der Waals surface area contributed by atoms with Gasteiger partial charge < -0.3 is 10.5 Å². The second-order valence-corrected chi connectivity index (χ2v) is 3.84. The zero-order valence-electron chi connectivity index (χ0n) is 8.30. The van der Waals surface area contributed by atoms with Gasteiger partial charge in [0, 0.05) is 18.4 Å². The molecule has 1 aliphatic rings. The fourth-order valence-corrected chi connectivity index (χ4v) is 1.87. The first-order valence-electron chi connectivity index (χ1n) is 5.19. The standard InChI is InChI=1S/C10H17N3O/c11-9-2-3-10(8-9)14-7-6-13-5-1-4-12-13/h1,4-5,9-10H,2-3,6-8,11H2. The number of hydrogen-bond acceptors (Lipinski definition) is 3. The molecule has 2 unspecified atom stereocenters. The highest BCUT2D eigenvalue weighted by Crippen LogP contribution is 2.20. The van der Waals surface area contributed by atoms with Crippen LogP contribution in [-0.4, -0.2) is 28.5 Å². The molecule has 1 heterocycles. The van der Waals surface area contributed by atoms with Crippen molar-refractivity contribution in [1.29, 1.82) is 0 Å². The van der Waals surface area contributed by atoms with Crippen molar-refractivity contribution in [3.05, 3.63) is 18.5 Å². The summed E-state index contributed by atoms with van der Waals surface area (Å²) in [5.41, 5.74) is 5.79. The molecule has 1 fully saturated rings. The van der Waals surface area contributed by atoms with Gasteiger partial charge >= 0.3 is 0 Å². The van der Waals surface area contributed by atoms with Gasteiger partial charge in [-0.15, -0.1) is 0 Å². The molecular formula is C10H17N3O. The molecule has 0 amide bonds. The SMILES string of the molecule is NC1CCC(OCCn2cccn2)C1. The largest absolute Gasteiger partial charge is 0.376 e. The van der Waals surface area contributed by atoms with Crippen LogP contribution in [0.5, 0.6) is 0 Å². The third-order valence-electron chi connectivity index (χ3n) is 2.66. The fraction of sp³-hybridized carbons (Fsp3) is 0.700. The average Bonchev–Trinajstić information content (AvgIpc) is 2.77. The van der Waals surface area contributed by atoms with Gasteiger partial charge in [-0.2, -0.15) is 5.10 Å². The van der Waals surface area contributed by atoms with Crippen LogP contribution in [0.4, 0.5) is 0 Å². The lowest BCUT2D eigenvalue weighted by Gasteiger charge is -2.11. The minimum Gasteiger partial charge on any atom is -0.376 e. The molecule has 4 heteroatoms. The number of aromatic nitrogens is 2. The van der Waals surface area contributed by atoms with Crippen LogP contribution in [0.15, 0.2) is 18.5 Å². The maximum Gasteiger partial charge on any atom is 0.0666 e. The van der Waals surface area contributed by atoms with Crippen molar-refractivity contribution < 1.29 is 4.74 Å². The van der Waals surface area contributed by atoms with E-state index in [4.69, 9.17) is 10.5 Å². The molecule has 1 saturated carbocycles. The summed E-state index contributed by atoms with van der Waals surface area (Å²) < 4.78 is 7.59. The summed E-state index contributed by atoms with van der Waals surface area (Å²) in [5, 5.41) is 4.11. The molecule has 2 rings (SSSR count). The summed E-state index contributed by atoms with van der Waals surface area (Å²) in [6.45, 7) is 1.57. The molecule has 0 bridgehead atoms. The first kappa shape index (κ1) is 9.68. The number of hydrogen-bond donors (Lipinski definition) is 1. The number of ether oxygens (including phenoxy) is 1. The Bertz CT molecular complexity index is 260. The summed E-state index contributed by atoms with van der Waals surface area (Å²) in [7, 11) is 0. The Morgan fingerprint density at radius 3 is 3.07 bits per heavy atom. The van der Waals surface area contributed by atoms with Gasteiger partial charge in [-0.1, -0.05) is 0 Å². The van der Waals surface area contributed by atoms with Gasteiger partial charge in [-0.05, 0) is 25.3 Å². The van der Waals surface area contributed by atoms with Crippen molar-refractivity contribution in [1.82, 2.24) is 9.78 Å². The third kappa shape index (κ3) is 2.56. The van der Waals surface area contributed by atoms with Crippen LogP contribution in [0, 0.1) is 0 Å². The Hall–Kier alpha value is -0.870. The normalized spacial score (nSPS) is 26.9. The minimum absolute atomic E-state index is 0.352. The Kier molecular flexibility index (Phi) is 3.16. The Labute approximate surface area is 84.0 Å². The van der Waals surface area contributed by atoms with Crippen molar-refractivity contribution in [3.8, 4) is 0 Å². The molecular weight excluding hydrogens is 178 g/mol. The van der Waals surface area contributed by atoms with E-state index in [1.54, 1.807) is 6.20 Å². The first-order chi connectivity index (χ1) is 6.84. The maximum absolute atomic E-state index is 5.79. The monoisotopic (exact) mass is 195 g/mol. The van der Waals surface area contributed by atoms with E-state index >= 15 is 0 Å². The van der Waals surface area contributed by atoms with Crippen LogP contribution in [0.3, 0.4) is 0 Å². The average molecular weight is 195 g/mol. The van der Waals surface area contributed by atoms with E-state index in [1.165, 1.54) is 0 Å². The van der Waals surface area contributed by atoms with E-state index < -0.39 is 0 Å². The maximum atomic E-state index is 5.79. The first-order valence-corrected chi connectivity index (χ1v) is 5.19. The van der Waals surface area contributed by atoms with Gasteiger partial charge in [0.05, 0.1) is 19.3 Å². The van der Waals surface area contributed by atoms with Crippen LogP contribution < -0.4 is 5.73 Å². The zero-order chi connectivity index (χ0) is 9.80. The Morgan fingerprint density at radius 1 is 1.50 bits per heavy atom. The molecule has 0 radical (unpaired) electrons. The second kappa shape index (κ2) is 4.57. The summed E-state index contributed by atoms with van der Waals surface area (Å²) in [4.78, 5) is 0. The van der Waals surface area contributed by atoms with E-state index in [0.717, 1.165) is 32.4 Å². The van der Waals surface area contributed by atoms with E-state index in [2.05, 4.69) is 5.10 Å². The summed E-state index contributed by atoms with van der Waals surface area (Å²) in [6.07, 6.45) is 7.33. The van der Waals surface area contributed by atoms with E-state index in [0.29, 0.717) is 12.1 Å². The fourth-order valence-electron chi connectivity index (χ4n) is 1.87. The second-order valence-electron chi connectivity index (χ2n) is 3.84. The van der Waals surface area contributed by atoms with Crippen molar-refractivity contribution in [2.24, 2.45) is 5.73 Å². The highest BCUT2D eigenvalue weighted by atomic mass is 16.5. The van der Waals surface area contributed by atoms with Gasteiger partial charge in [-0.25, -0.2) is 0 Å². The molecule has 4 nitrogen and oxygen atoms in total. The van der Waals surface area contributed by atoms with Gasteiger partial charge in [0.1, 0.15) is 0 Å². The highest BCUT2D eigenvalue weighted by molar-refractivity contribution is 4.79. The predicted molar refractivity (Wildman–Crippen MR) is 53.8 cm³/mol. The lowest BCUT2D eigenvalue weighted by atomic mass is 10.3. The highest BCUT2D eigenvalue weighted by Gasteiger charge is 2.21. The van der Waals surface area contributed by atoms with Crippen molar-refractivity contribution in [3.63, 3.8) is 0 Å². The van der Waals surface area contributed by atoms with E-state index in [-0.39, 0.29) is 0 Å². The predicted octanol–water partition coefficient (Wildman–Crippen LogP) is 0.779. The molecule has 1 aliphatic carbocycles. The van der Waals surface area contributed by atoms with Crippen LogP contribution >= 0.6 is 0 Å². The molecule has 78 valence electrons. The molecule has 2 atom stereocenters. The number of nitrogens with zero attached hydrogens (tertiary/aromatic N) is 2. The van der Waals surface area contributed by atoms with Gasteiger partial charge in [-0.3, -0.25) is 4.68 Å². The Balaban J connectivity index is 1.64. The summed E-state index contributed by atoms with van der Waals surface area (Å²) >= 11 is 0. The molecule has 1 aromatic heterocycles. The molecule has 0 aliphatic heterocycles. The van der Waals surface area contributed by atoms with Gasteiger partial charge in [0.25, 0.3) is 0 Å². The van der Waals surface area contributed by atoms with E-state index in [1.807, 2.05) is 16.9 Å². The smallest absolute Gasteiger partial charge is 0.0666 e. The summed E-state index contributed by atoms with van der Waals surface area (Å²) in [6, 6.07) is 2.27. The molecule has 0 saturated heterocycles. The Morgan fingerprint density at radius 2 is 2.43 bits per heavy atom. The van der Waals surface area contributed by atoms with Crippen molar-refractivity contribution in [2.75, 3.05) is 6.61 Å². The van der Waals surface area contributed by atoms with Crippen LogP contribution in [0.1, 0.15) is 19.3 Å². The van der Waals surface area contributed by atoms with Crippen LogP contribution in [0.25, 0.3) is 0 Å². The van der Waals surface area contributed by atoms with Crippen molar-refractivity contribution in [2.45, 2.75) is 38.0 Å². The molecule has 0 aromatic carbocycles. The van der Waals surface area contributed by atoms with Gasteiger partial charge in [0.2, 0.25) is 0 Å². The lowest BCUT2D eigenvalue weighted by Crippen LogP contribution is -2.19. The topological polar surface area (TPSA) is 53.1 Å². The number of rotatable bonds is 4. The van der Waals surface area contributed by atoms with Gasteiger partial charge in [0.15, 0.2) is 0 Å². The summed E-state index contributed by atoms with van der Waals surface area (Å²) in [5.74, 6) is 0. The zero-order valence-corrected chi connectivity index (χ0v) is 8.30. The molecule has 2 N–H and O–H groups in total. The lowest BCUT2D eigenvalue weighted by molar-refractivity contribution is 0.0506. The molecule has 1 aromatic rings. The van der Waals surface area contributed by atoms with Crippen molar-refractivity contribution >= 4 is 0 Å². The van der Waals surface area contributed by atoms with Crippen LogP contribution in [0.2, 0.25) is 0 Å².